The summed E-state index contributed by atoms with van der Waals surface area (Å²) >= 11 is 0. The molecule has 0 aliphatic carbocycles. The minimum Gasteiger partial charge on any atom is -0.495 e. The first-order valence-corrected chi connectivity index (χ1v) is 10.3. The van der Waals surface area contributed by atoms with Crippen LogP contribution in [0.15, 0.2) is 78.5 Å². The lowest BCUT2D eigenvalue weighted by molar-refractivity contribution is -0.120. The van der Waals surface area contributed by atoms with Crippen LogP contribution in [-0.4, -0.2) is 33.0 Å². The monoisotopic (exact) mass is 427 g/mol. The summed E-state index contributed by atoms with van der Waals surface area (Å²) < 4.78 is 5.41. The summed E-state index contributed by atoms with van der Waals surface area (Å²) in [5.41, 5.74) is 4.49. The second-order valence-electron chi connectivity index (χ2n) is 7.80. The van der Waals surface area contributed by atoms with Gasteiger partial charge >= 0.3 is 0 Å². The van der Waals surface area contributed by atoms with Crippen LogP contribution < -0.4 is 19.9 Å². The van der Waals surface area contributed by atoms with Gasteiger partial charge in [0.25, 0.3) is 11.8 Å². The highest BCUT2D eigenvalue weighted by molar-refractivity contribution is 6.46. The molecule has 3 aromatic rings. The van der Waals surface area contributed by atoms with Crippen molar-refractivity contribution in [2.45, 2.75) is 6.92 Å². The van der Waals surface area contributed by atoms with Gasteiger partial charge in [-0.1, -0.05) is 42.0 Å². The van der Waals surface area contributed by atoms with Crippen molar-refractivity contribution >= 4 is 34.4 Å². The lowest BCUT2D eigenvalue weighted by atomic mass is 10.0. The molecule has 0 fully saturated rings. The Labute approximate surface area is 187 Å². The van der Waals surface area contributed by atoms with Gasteiger partial charge in [-0.2, -0.15) is 0 Å². The molecule has 3 aromatic carbocycles. The number of methoxy groups -OCH3 is 1. The number of nitrogens with one attached hydrogen (secondary N) is 1. The van der Waals surface area contributed by atoms with Crippen molar-refractivity contribution in [3.8, 4) is 5.75 Å². The fourth-order valence-electron chi connectivity index (χ4n) is 3.65. The molecule has 1 aliphatic heterocycles. The first-order chi connectivity index (χ1) is 15.4. The van der Waals surface area contributed by atoms with Crippen molar-refractivity contribution in [1.29, 1.82) is 0 Å². The number of para-hydroxylation sites is 2. The molecule has 4 rings (SSSR count). The average molecular weight is 428 g/mol. The Kier molecular flexibility index (Phi) is 5.69. The number of amides is 2. The standard InChI is InChI=1S/C26H25N3O3/c1-17-9-11-18(12-10-17)23-24(27-19-13-15-20(16-14-19)28(2)3)26(31)29(25(23)30)21-7-5-6-8-22(21)32-4/h5-16,27H,1-4H3. The minimum absolute atomic E-state index is 0.238. The van der Waals surface area contributed by atoms with E-state index in [0.29, 0.717) is 22.6 Å². The van der Waals surface area contributed by atoms with E-state index in [0.717, 1.165) is 16.9 Å². The second kappa shape index (κ2) is 8.59. The molecule has 6 heteroatoms. The van der Waals surface area contributed by atoms with Crippen molar-refractivity contribution in [2.75, 3.05) is 36.3 Å². The number of imide groups is 1. The summed E-state index contributed by atoms with van der Waals surface area (Å²) in [5, 5.41) is 3.20. The molecule has 0 saturated carbocycles. The number of carbonyl (C=O) groups excluding carboxylic acids is 2. The van der Waals surface area contributed by atoms with Gasteiger partial charge in [-0.05, 0) is 48.9 Å². The van der Waals surface area contributed by atoms with Gasteiger partial charge in [0.2, 0.25) is 0 Å². The molecule has 0 bridgehead atoms. The predicted molar refractivity (Wildman–Crippen MR) is 128 cm³/mol. The van der Waals surface area contributed by atoms with Gasteiger partial charge in [-0.15, -0.1) is 0 Å². The summed E-state index contributed by atoms with van der Waals surface area (Å²) in [7, 11) is 5.44. The van der Waals surface area contributed by atoms with E-state index in [1.807, 2.05) is 74.4 Å². The third-order valence-electron chi connectivity index (χ3n) is 5.40. The lowest BCUT2D eigenvalue weighted by Crippen LogP contribution is -2.32. The third kappa shape index (κ3) is 3.83. The van der Waals surface area contributed by atoms with Crippen molar-refractivity contribution in [3.05, 3.63) is 89.6 Å². The molecule has 0 aromatic heterocycles. The Morgan fingerprint density at radius 3 is 2.12 bits per heavy atom. The zero-order valence-electron chi connectivity index (χ0n) is 18.5. The highest BCUT2D eigenvalue weighted by atomic mass is 16.5. The van der Waals surface area contributed by atoms with Crippen molar-refractivity contribution in [1.82, 2.24) is 0 Å². The van der Waals surface area contributed by atoms with E-state index >= 15 is 0 Å². The summed E-state index contributed by atoms with van der Waals surface area (Å²) in [6.45, 7) is 1.98. The van der Waals surface area contributed by atoms with Crippen LogP contribution in [0, 0.1) is 6.92 Å². The van der Waals surface area contributed by atoms with Crippen molar-refractivity contribution < 1.29 is 14.3 Å². The molecular formula is C26H25N3O3. The summed E-state index contributed by atoms with van der Waals surface area (Å²) in [6, 6.07) is 22.3. The van der Waals surface area contributed by atoms with E-state index in [1.165, 1.54) is 12.0 Å². The van der Waals surface area contributed by atoms with Gasteiger partial charge in [0.1, 0.15) is 11.4 Å². The fraction of sp³-hybridized carbons (Fsp3) is 0.154. The van der Waals surface area contributed by atoms with Gasteiger partial charge < -0.3 is 15.0 Å². The SMILES string of the molecule is COc1ccccc1N1C(=O)C(Nc2ccc(N(C)C)cc2)=C(c2ccc(C)cc2)C1=O. The van der Waals surface area contributed by atoms with E-state index in [2.05, 4.69) is 5.32 Å². The Bertz CT molecular complexity index is 1200. The van der Waals surface area contributed by atoms with E-state index in [1.54, 1.807) is 24.3 Å². The molecule has 1 aliphatic rings. The number of hydrogen-bond acceptors (Lipinski definition) is 5. The number of nitrogens with zero attached hydrogens (tertiary/aromatic N) is 2. The van der Waals surface area contributed by atoms with Crippen molar-refractivity contribution in [3.63, 3.8) is 0 Å². The molecule has 0 spiro atoms. The molecule has 1 N–H and O–H groups in total. The number of hydrogen-bond donors (Lipinski definition) is 1. The average Bonchev–Trinajstić information content (AvgIpc) is 3.04. The topological polar surface area (TPSA) is 61.9 Å². The quantitative estimate of drug-likeness (QED) is 0.589. The molecular weight excluding hydrogens is 402 g/mol. The van der Waals surface area contributed by atoms with Crippen LogP contribution in [-0.2, 0) is 9.59 Å². The zero-order chi connectivity index (χ0) is 22.8. The maximum atomic E-state index is 13.6. The van der Waals surface area contributed by atoms with Crippen LogP contribution in [0.4, 0.5) is 17.1 Å². The molecule has 2 amide bonds. The number of aryl methyl sites for hydroxylation is 1. The Morgan fingerprint density at radius 1 is 0.844 bits per heavy atom. The van der Waals surface area contributed by atoms with Crippen LogP contribution in [0.3, 0.4) is 0 Å². The lowest BCUT2D eigenvalue weighted by Gasteiger charge is -2.18. The highest BCUT2D eigenvalue weighted by Gasteiger charge is 2.41. The number of benzene rings is 3. The first-order valence-electron chi connectivity index (χ1n) is 10.3. The van der Waals surface area contributed by atoms with Crippen LogP contribution in [0.1, 0.15) is 11.1 Å². The second-order valence-corrected chi connectivity index (χ2v) is 7.80. The molecule has 0 atom stereocenters. The smallest absolute Gasteiger partial charge is 0.282 e. The van der Waals surface area contributed by atoms with Crippen LogP contribution in [0.2, 0.25) is 0 Å². The molecule has 0 radical (unpaired) electrons. The van der Waals surface area contributed by atoms with E-state index in [9.17, 15) is 9.59 Å². The summed E-state index contributed by atoms with van der Waals surface area (Å²) in [4.78, 5) is 30.3. The summed E-state index contributed by atoms with van der Waals surface area (Å²) in [5.74, 6) is -0.364. The van der Waals surface area contributed by atoms with Crippen LogP contribution in [0.25, 0.3) is 5.57 Å². The predicted octanol–water partition coefficient (Wildman–Crippen LogP) is 4.47. The maximum Gasteiger partial charge on any atom is 0.282 e. The first kappa shape index (κ1) is 21.2. The third-order valence-corrected chi connectivity index (χ3v) is 5.40. The largest absolute Gasteiger partial charge is 0.495 e. The Morgan fingerprint density at radius 2 is 1.50 bits per heavy atom. The number of ether oxygens (including phenoxy) is 1. The molecule has 32 heavy (non-hydrogen) atoms. The molecule has 162 valence electrons. The van der Waals surface area contributed by atoms with Crippen LogP contribution >= 0.6 is 0 Å². The number of carbonyl (C=O) groups is 2. The van der Waals surface area contributed by atoms with Gasteiger partial charge in [0, 0.05) is 25.5 Å². The molecule has 0 saturated heterocycles. The van der Waals surface area contributed by atoms with Gasteiger partial charge in [-0.3, -0.25) is 9.59 Å². The van der Waals surface area contributed by atoms with Gasteiger partial charge in [-0.25, -0.2) is 4.90 Å². The molecule has 1 heterocycles. The minimum atomic E-state index is -0.424. The van der Waals surface area contributed by atoms with Gasteiger partial charge in [0.05, 0.1) is 18.4 Å². The van der Waals surface area contributed by atoms with E-state index < -0.39 is 11.8 Å². The molecule has 0 unspecified atom stereocenters. The van der Waals surface area contributed by atoms with Crippen molar-refractivity contribution in [2.24, 2.45) is 0 Å². The van der Waals surface area contributed by atoms with Gasteiger partial charge in [0.15, 0.2) is 0 Å². The number of rotatable bonds is 6. The van der Waals surface area contributed by atoms with E-state index in [4.69, 9.17) is 4.74 Å². The maximum absolute atomic E-state index is 13.6. The van der Waals surface area contributed by atoms with E-state index in [-0.39, 0.29) is 5.70 Å². The number of anilines is 3. The normalized spacial score (nSPS) is 13.6. The zero-order valence-corrected chi connectivity index (χ0v) is 18.5. The molecule has 6 nitrogen and oxygen atoms in total. The van der Waals surface area contributed by atoms with Crippen LogP contribution in [0.5, 0.6) is 5.75 Å². The Balaban J connectivity index is 1.80. The highest BCUT2D eigenvalue weighted by Crippen LogP contribution is 2.37. The Hall–Kier alpha value is -4.06. The fourth-order valence-corrected chi connectivity index (χ4v) is 3.65. The summed E-state index contributed by atoms with van der Waals surface area (Å²) in [6.07, 6.45) is 0.